The molecule has 6 heteroatoms. The van der Waals surface area contributed by atoms with E-state index in [1.54, 1.807) is 7.11 Å². The van der Waals surface area contributed by atoms with E-state index in [0.717, 1.165) is 35.4 Å². The average molecular weight is 286 g/mol. The Morgan fingerprint density at radius 1 is 1.43 bits per heavy atom. The minimum absolute atomic E-state index is 0.200. The highest BCUT2D eigenvalue weighted by Gasteiger charge is 2.31. The van der Waals surface area contributed by atoms with Gasteiger partial charge in [0.25, 0.3) is 5.91 Å². The number of ether oxygens (including phenoxy) is 1. The number of amides is 1. The lowest BCUT2D eigenvalue weighted by molar-refractivity contribution is 0.0944. The van der Waals surface area contributed by atoms with Crippen LogP contribution >= 0.6 is 0 Å². The summed E-state index contributed by atoms with van der Waals surface area (Å²) in [5, 5.41) is 13.5. The second kappa shape index (κ2) is 5.55. The van der Waals surface area contributed by atoms with Crippen LogP contribution in [-0.2, 0) is 6.54 Å². The van der Waals surface area contributed by atoms with Gasteiger partial charge in [0.1, 0.15) is 5.75 Å². The van der Waals surface area contributed by atoms with Crippen molar-refractivity contribution >= 4 is 5.91 Å². The maximum Gasteiger partial charge on any atom is 0.274 e. The first-order valence-corrected chi connectivity index (χ1v) is 7.01. The minimum Gasteiger partial charge on any atom is -0.496 e. The third kappa shape index (κ3) is 2.89. The number of aryl methyl sites for hydroxylation is 1. The van der Waals surface area contributed by atoms with E-state index < -0.39 is 0 Å². The van der Waals surface area contributed by atoms with Gasteiger partial charge in [-0.2, -0.15) is 15.4 Å². The van der Waals surface area contributed by atoms with Gasteiger partial charge in [0, 0.05) is 18.0 Å². The van der Waals surface area contributed by atoms with E-state index in [4.69, 9.17) is 4.74 Å². The van der Waals surface area contributed by atoms with E-state index in [0.29, 0.717) is 18.2 Å². The van der Waals surface area contributed by atoms with Gasteiger partial charge in [0.15, 0.2) is 5.69 Å². The number of hydrogen-bond donors (Lipinski definition) is 2. The molecule has 0 unspecified atom stereocenters. The number of aromatic nitrogens is 3. The van der Waals surface area contributed by atoms with Crippen molar-refractivity contribution in [3.8, 4) is 5.75 Å². The van der Waals surface area contributed by atoms with Gasteiger partial charge in [-0.3, -0.25) is 4.79 Å². The van der Waals surface area contributed by atoms with Crippen LogP contribution in [0.15, 0.2) is 18.2 Å². The van der Waals surface area contributed by atoms with Gasteiger partial charge in [-0.1, -0.05) is 17.7 Å². The summed E-state index contributed by atoms with van der Waals surface area (Å²) in [6.07, 6.45) is 2.16. The molecule has 1 aromatic heterocycles. The number of aromatic amines is 1. The second-order valence-corrected chi connectivity index (χ2v) is 5.33. The van der Waals surface area contributed by atoms with Crippen LogP contribution in [0.3, 0.4) is 0 Å². The molecule has 6 nitrogen and oxygen atoms in total. The Kier molecular flexibility index (Phi) is 3.60. The first-order chi connectivity index (χ1) is 10.2. The molecule has 0 aliphatic heterocycles. The number of carbonyl (C=O) groups is 1. The Morgan fingerprint density at radius 2 is 2.24 bits per heavy atom. The summed E-state index contributed by atoms with van der Waals surface area (Å²) in [4.78, 5) is 12.2. The molecule has 1 saturated carbocycles. The molecule has 0 spiro atoms. The van der Waals surface area contributed by atoms with Crippen molar-refractivity contribution in [1.29, 1.82) is 0 Å². The van der Waals surface area contributed by atoms with Gasteiger partial charge in [-0.05, 0) is 25.8 Å². The van der Waals surface area contributed by atoms with Crippen molar-refractivity contribution in [2.75, 3.05) is 7.11 Å². The Bertz CT molecular complexity index is 661. The first-order valence-electron chi connectivity index (χ1n) is 7.01. The first kappa shape index (κ1) is 13.6. The van der Waals surface area contributed by atoms with E-state index >= 15 is 0 Å². The number of methoxy groups -OCH3 is 1. The molecule has 1 amide bonds. The molecule has 1 aliphatic carbocycles. The molecule has 0 radical (unpaired) electrons. The molecule has 2 N–H and O–H groups in total. The molecular formula is C15H18N4O2. The zero-order chi connectivity index (χ0) is 14.8. The van der Waals surface area contributed by atoms with Crippen LogP contribution in [0.2, 0.25) is 0 Å². The van der Waals surface area contributed by atoms with E-state index in [1.165, 1.54) is 0 Å². The van der Waals surface area contributed by atoms with Crippen LogP contribution in [0, 0.1) is 6.92 Å². The molecule has 1 heterocycles. The maximum atomic E-state index is 12.2. The standard InChI is InChI=1S/C15H18N4O2/c1-9-3-6-12(21-2)11(7-9)8-16-15(20)14-13(10-4-5-10)17-19-18-14/h3,6-7,10H,4-5,8H2,1-2H3,(H,16,20)(H,17,18,19). The fourth-order valence-electron chi connectivity index (χ4n) is 2.35. The summed E-state index contributed by atoms with van der Waals surface area (Å²) in [5.74, 6) is 0.954. The molecule has 110 valence electrons. The molecule has 1 aliphatic rings. The fourth-order valence-corrected chi connectivity index (χ4v) is 2.35. The van der Waals surface area contributed by atoms with Crippen molar-refractivity contribution in [2.45, 2.75) is 32.2 Å². The van der Waals surface area contributed by atoms with Crippen LogP contribution in [0.5, 0.6) is 5.75 Å². The van der Waals surface area contributed by atoms with E-state index in [9.17, 15) is 4.79 Å². The number of H-pyrrole nitrogens is 1. The van der Waals surface area contributed by atoms with E-state index in [-0.39, 0.29) is 5.91 Å². The van der Waals surface area contributed by atoms with Gasteiger partial charge in [-0.15, -0.1) is 0 Å². The summed E-state index contributed by atoms with van der Waals surface area (Å²) in [6, 6.07) is 5.89. The lowest BCUT2D eigenvalue weighted by atomic mass is 10.1. The summed E-state index contributed by atoms with van der Waals surface area (Å²) in [5.41, 5.74) is 3.26. The van der Waals surface area contributed by atoms with Crippen LogP contribution in [0.1, 0.15) is 46.1 Å². The lowest BCUT2D eigenvalue weighted by Crippen LogP contribution is -2.24. The summed E-state index contributed by atoms with van der Waals surface area (Å²) in [6.45, 7) is 2.41. The topological polar surface area (TPSA) is 79.9 Å². The predicted octanol–water partition coefficient (Wildman–Crippen LogP) is 1.93. The Balaban J connectivity index is 1.71. The molecule has 21 heavy (non-hydrogen) atoms. The van der Waals surface area contributed by atoms with E-state index in [1.807, 2.05) is 25.1 Å². The van der Waals surface area contributed by atoms with E-state index in [2.05, 4.69) is 20.7 Å². The number of benzene rings is 1. The third-order valence-corrected chi connectivity index (χ3v) is 3.63. The molecular weight excluding hydrogens is 268 g/mol. The van der Waals surface area contributed by atoms with Crippen molar-refractivity contribution < 1.29 is 9.53 Å². The highest BCUT2D eigenvalue weighted by Crippen LogP contribution is 2.39. The summed E-state index contributed by atoms with van der Waals surface area (Å²) < 4.78 is 5.31. The van der Waals surface area contributed by atoms with Crippen molar-refractivity contribution in [1.82, 2.24) is 20.7 Å². The smallest absolute Gasteiger partial charge is 0.274 e. The van der Waals surface area contributed by atoms with Gasteiger partial charge in [-0.25, -0.2) is 0 Å². The van der Waals surface area contributed by atoms with Gasteiger partial charge < -0.3 is 10.1 Å². The Labute approximate surface area is 122 Å². The Hall–Kier alpha value is -2.37. The normalized spacial score (nSPS) is 14.0. The number of rotatable bonds is 5. The zero-order valence-corrected chi connectivity index (χ0v) is 12.1. The lowest BCUT2D eigenvalue weighted by Gasteiger charge is -2.10. The molecule has 0 saturated heterocycles. The monoisotopic (exact) mass is 286 g/mol. The molecule has 0 atom stereocenters. The average Bonchev–Trinajstić information content (AvgIpc) is 3.22. The number of carbonyl (C=O) groups excluding carboxylic acids is 1. The summed E-state index contributed by atoms with van der Waals surface area (Å²) in [7, 11) is 1.62. The second-order valence-electron chi connectivity index (χ2n) is 5.33. The highest BCUT2D eigenvalue weighted by atomic mass is 16.5. The van der Waals surface area contributed by atoms with Crippen LogP contribution < -0.4 is 10.1 Å². The molecule has 3 rings (SSSR count). The quantitative estimate of drug-likeness (QED) is 0.880. The Morgan fingerprint density at radius 3 is 2.95 bits per heavy atom. The van der Waals surface area contributed by atoms with Crippen LogP contribution in [-0.4, -0.2) is 28.4 Å². The number of nitrogens with zero attached hydrogens (tertiary/aromatic N) is 2. The van der Waals surface area contributed by atoms with Crippen molar-refractivity contribution in [3.05, 3.63) is 40.7 Å². The maximum absolute atomic E-state index is 12.2. The molecule has 1 fully saturated rings. The van der Waals surface area contributed by atoms with Crippen LogP contribution in [0.25, 0.3) is 0 Å². The molecule has 0 bridgehead atoms. The SMILES string of the molecule is COc1ccc(C)cc1CNC(=O)c1n[nH]nc1C1CC1. The van der Waals surface area contributed by atoms with Gasteiger partial charge in [0.2, 0.25) is 0 Å². The van der Waals surface area contributed by atoms with Crippen molar-refractivity contribution in [2.24, 2.45) is 0 Å². The van der Waals surface area contributed by atoms with Gasteiger partial charge >= 0.3 is 0 Å². The highest BCUT2D eigenvalue weighted by molar-refractivity contribution is 5.93. The van der Waals surface area contributed by atoms with Crippen LogP contribution in [0.4, 0.5) is 0 Å². The number of hydrogen-bond acceptors (Lipinski definition) is 4. The third-order valence-electron chi connectivity index (χ3n) is 3.63. The minimum atomic E-state index is -0.200. The van der Waals surface area contributed by atoms with Crippen molar-refractivity contribution in [3.63, 3.8) is 0 Å². The number of nitrogens with one attached hydrogen (secondary N) is 2. The predicted molar refractivity (Wildman–Crippen MR) is 77.3 cm³/mol. The zero-order valence-electron chi connectivity index (χ0n) is 12.1. The largest absolute Gasteiger partial charge is 0.496 e. The molecule has 2 aromatic rings. The molecule has 1 aromatic carbocycles. The fraction of sp³-hybridized carbons (Fsp3) is 0.400. The van der Waals surface area contributed by atoms with Gasteiger partial charge in [0.05, 0.1) is 12.8 Å². The summed E-state index contributed by atoms with van der Waals surface area (Å²) >= 11 is 0.